The highest BCUT2D eigenvalue weighted by molar-refractivity contribution is 6.24. The lowest BCUT2D eigenvalue weighted by atomic mass is 9.95. The molecule has 0 saturated heterocycles. The second kappa shape index (κ2) is 12.3. The lowest BCUT2D eigenvalue weighted by Gasteiger charge is -2.14. The highest BCUT2D eigenvalue weighted by Crippen LogP contribution is 2.43. The summed E-state index contributed by atoms with van der Waals surface area (Å²) in [5.74, 6) is 0. The van der Waals surface area contributed by atoms with Gasteiger partial charge in [0, 0.05) is 49.6 Å². The summed E-state index contributed by atoms with van der Waals surface area (Å²) < 4.78 is 15.6. The monoisotopic (exact) mass is 682 g/mol. The van der Waals surface area contributed by atoms with Crippen molar-refractivity contribution in [2.45, 2.75) is 6.92 Å². The Morgan fingerprint density at radius 2 is 1.23 bits per heavy atom. The van der Waals surface area contributed by atoms with E-state index >= 15 is 0 Å². The van der Waals surface area contributed by atoms with Gasteiger partial charge in [-0.3, -0.25) is 0 Å². The van der Waals surface area contributed by atoms with Crippen LogP contribution in [0.2, 0.25) is 0 Å². The molecule has 0 atom stereocenters. The van der Waals surface area contributed by atoms with E-state index in [1.54, 1.807) is 0 Å². The van der Waals surface area contributed by atoms with Crippen LogP contribution in [0.5, 0.6) is 0 Å². The third-order valence-electron chi connectivity index (χ3n) is 10.3. The van der Waals surface area contributed by atoms with Gasteiger partial charge in [-0.15, -0.1) is 0 Å². The first kappa shape index (κ1) is 30.8. The maximum Gasteiger partial charge on any atom is 0.145 e. The summed E-state index contributed by atoms with van der Waals surface area (Å²) in [6, 6.07) is 52.8. The van der Waals surface area contributed by atoms with Crippen LogP contribution in [0.3, 0.4) is 0 Å². The van der Waals surface area contributed by atoms with E-state index in [1.165, 1.54) is 0 Å². The highest BCUT2D eigenvalue weighted by Gasteiger charge is 2.21. The number of hydrogen-bond acceptors (Lipinski definition) is 3. The van der Waals surface area contributed by atoms with Gasteiger partial charge in [-0.1, -0.05) is 104 Å². The van der Waals surface area contributed by atoms with Crippen molar-refractivity contribution >= 4 is 88.2 Å². The smallest absolute Gasteiger partial charge is 0.145 e. The van der Waals surface area contributed by atoms with Crippen molar-refractivity contribution in [1.29, 1.82) is 0 Å². The van der Waals surface area contributed by atoms with Crippen molar-refractivity contribution in [3.05, 3.63) is 188 Å². The molecule has 0 unspecified atom stereocenters. The van der Waals surface area contributed by atoms with E-state index in [1.807, 2.05) is 48.5 Å². The molecule has 7 aromatic carbocycles. The minimum atomic E-state index is 0.854. The van der Waals surface area contributed by atoms with Crippen LogP contribution in [0.15, 0.2) is 185 Å². The molecule has 0 saturated carbocycles. The average molecular weight is 683 g/mol. The Kier molecular flexibility index (Phi) is 7.15. The first-order valence-electron chi connectivity index (χ1n) is 17.9. The molecular weight excluding hydrogens is 649 g/mol. The van der Waals surface area contributed by atoms with E-state index in [-0.39, 0.29) is 0 Å². The van der Waals surface area contributed by atoms with Gasteiger partial charge in [0.05, 0.1) is 16.4 Å². The van der Waals surface area contributed by atoms with Crippen molar-refractivity contribution in [2.24, 2.45) is 0 Å². The molecule has 0 aliphatic rings. The van der Waals surface area contributed by atoms with Crippen LogP contribution >= 0.6 is 0 Å². The Bertz CT molecular complexity index is 3100. The molecule has 3 heterocycles. The quantitative estimate of drug-likeness (QED) is 0.170. The Morgan fingerprint density at radius 1 is 0.604 bits per heavy atom. The fraction of sp³-hybridized carbons (Fsp3) is 0.0204. The molecule has 0 bridgehead atoms. The van der Waals surface area contributed by atoms with E-state index in [9.17, 15) is 0 Å². The number of nitrogens with zero attached hydrogens (tertiary/aromatic N) is 1. The molecule has 4 nitrogen and oxygen atoms in total. The molecule has 1 N–H and O–H groups in total. The zero-order valence-corrected chi connectivity index (χ0v) is 29.1. The summed E-state index contributed by atoms with van der Waals surface area (Å²) >= 11 is 0. The molecule has 0 fully saturated rings. The zero-order chi connectivity index (χ0) is 35.5. The van der Waals surface area contributed by atoms with E-state index in [0.717, 1.165) is 105 Å². The Balaban J connectivity index is 1.20. The molecular formula is C49H34N2O2. The molecule has 0 aliphatic heterocycles. The lowest BCUT2D eigenvalue weighted by molar-refractivity contribution is 0.668. The Morgan fingerprint density at radius 3 is 1.96 bits per heavy atom. The van der Waals surface area contributed by atoms with Crippen molar-refractivity contribution in [2.75, 3.05) is 5.32 Å². The maximum absolute atomic E-state index is 6.65. The number of hydrogen-bond donors (Lipinski definition) is 1. The predicted octanol–water partition coefficient (Wildman–Crippen LogP) is 14.0. The number of benzene rings is 7. The second-order valence-electron chi connectivity index (χ2n) is 13.5. The zero-order valence-electron chi connectivity index (χ0n) is 29.1. The van der Waals surface area contributed by atoms with Crippen molar-refractivity contribution in [3.8, 4) is 5.69 Å². The second-order valence-corrected chi connectivity index (χ2v) is 13.5. The summed E-state index contributed by atoms with van der Waals surface area (Å²) in [6.07, 6.45) is 6.19. The summed E-state index contributed by atoms with van der Waals surface area (Å²) in [6.45, 7) is 6.28. The van der Waals surface area contributed by atoms with Crippen molar-refractivity contribution in [1.82, 2.24) is 4.57 Å². The van der Waals surface area contributed by atoms with Gasteiger partial charge >= 0.3 is 0 Å². The molecule has 4 heteroatoms. The van der Waals surface area contributed by atoms with Gasteiger partial charge < -0.3 is 18.7 Å². The van der Waals surface area contributed by atoms with Crippen molar-refractivity contribution < 1.29 is 8.83 Å². The van der Waals surface area contributed by atoms with Gasteiger partial charge in [0.25, 0.3) is 0 Å². The first-order chi connectivity index (χ1) is 26.2. The number of fused-ring (bicyclic) bond motifs is 10. The molecule has 10 rings (SSSR count). The number of aromatic nitrogens is 1. The normalized spacial score (nSPS) is 12.5. The minimum Gasteiger partial charge on any atom is -0.455 e. The molecule has 252 valence electrons. The number of rotatable bonds is 7. The van der Waals surface area contributed by atoms with Gasteiger partial charge in [0.15, 0.2) is 0 Å². The summed E-state index contributed by atoms with van der Waals surface area (Å²) in [5.41, 5.74) is 13.0. The molecule has 53 heavy (non-hydrogen) atoms. The molecule has 0 amide bonds. The topological polar surface area (TPSA) is 43.2 Å². The highest BCUT2D eigenvalue weighted by atomic mass is 16.3. The standard InChI is InChI=1S/C49H34N2O2/c1-3-14-32(29-31(2)46-41(50-34-15-6-4-7-16-34)26-24-38-36-19-10-12-21-44(36)52-48(38)46)33-23-27-42-40(30-33)47-43(51(42)35-17-8-5-9-18-35)28-25-39-37-20-11-13-22-45(37)53-49(39)47/h3-30,50H,1H2,2H3/b31-29+,32-14+. The van der Waals surface area contributed by atoms with Crippen LogP contribution in [0, 0.1) is 0 Å². The number of nitrogens with one attached hydrogen (secondary N) is 1. The summed E-state index contributed by atoms with van der Waals surface area (Å²) in [5, 5.41) is 10.3. The van der Waals surface area contributed by atoms with Crippen LogP contribution in [-0.2, 0) is 0 Å². The molecule has 0 spiro atoms. The van der Waals surface area contributed by atoms with E-state index in [2.05, 4.69) is 145 Å². The van der Waals surface area contributed by atoms with Gasteiger partial charge in [0.2, 0.25) is 0 Å². The average Bonchev–Trinajstić information content (AvgIpc) is 3.87. The van der Waals surface area contributed by atoms with E-state index in [0.29, 0.717) is 0 Å². The summed E-state index contributed by atoms with van der Waals surface area (Å²) in [7, 11) is 0. The third kappa shape index (κ3) is 4.99. The number of allylic oxidation sites excluding steroid dienone is 5. The van der Waals surface area contributed by atoms with Crippen molar-refractivity contribution in [3.63, 3.8) is 0 Å². The van der Waals surface area contributed by atoms with Gasteiger partial charge in [-0.25, -0.2) is 0 Å². The predicted molar refractivity (Wildman–Crippen MR) is 223 cm³/mol. The Hall–Kier alpha value is -7.04. The van der Waals surface area contributed by atoms with E-state index in [4.69, 9.17) is 8.83 Å². The van der Waals surface area contributed by atoms with Gasteiger partial charge in [-0.05, 0) is 96.4 Å². The molecule has 0 aliphatic carbocycles. The maximum atomic E-state index is 6.65. The van der Waals surface area contributed by atoms with Crippen LogP contribution in [0.1, 0.15) is 18.1 Å². The minimum absolute atomic E-state index is 0.854. The van der Waals surface area contributed by atoms with Crippen LogP contribution < -0.4 is 5.32 Å². The fourth-order valence-electron chi connectivity index (χ4n) is 7.94. The largest absolute Gasteiger partial charge is 0.455 e. The fourth-order valence-corrected chi connectivity index (χ4v) is 7.94. The van der Waals surface area contributed by atoms with E-state index < -0.39 is 0 Å². The lowest BCUT2D eigenvalue weighted by Crippen LogP contribution is -1.96. The summed E-state index contributed by atoms with van der Waals surface area (Å²) in [4.78, 5) is 0. The molecule has 3 aromatic heterocycles. The third-order valence-corrected chi connectivity index (χ3v) is 10.3. The number of furan rings is 2. The number of para-hydroxylation sites is 4. The first-order valence-corrected chi connectivity index (χ1v) is 17.9. The van der Waals surface area contributed by atoms with Crippen LogP contribution in [-0.4, -0.2) is 4.57 Å². The van der Waals surface area contributed by atoms with Gasteiger partial charge in [-0.2, -0.15) is 0 Å². The number of anilines is 2. The molecule has 10 aromatic rings. The van der Waals surface area contributed by atoms with Gasteiger partial charge in [0.1, 0.15) is 22.3 Å². The van der Waals surface area contributed by atoms with Crippen LogP contribution in [0.25, 0.3) is 82.5 Å². The SMILES string of the molecule is C=C/C=C(\C=C(/C)c1c(Nc2ccccc2)ccc2c1oc1ccccc12)c1ccc2c(c1)c1c3oc4ccccc4c3ccc1n2-c1ccccc1. The van der Waals surface area contributed by atoms with Crippen LogP contribution in [0.4, 0.5) is 11.4 Å². The Labute approximate surface area is 306 Å². The molecule has 0 radical (unpaired) electrons.